The van der Waals surface area contributed by atoms with E-state index >= 15 is 0 Å². The summed E-state index contributed by atoms with van der Waals surface area (Å²) in [7, 11) is 4.05. The molecule has 4 heterocycles. The molecule has 6 unspecified atom stereocenters. The number of ether oxygens (including phenoxy) is 3. The average molecular weight is 801 g/mol. The highest BCUT2D eigenvalue weighted by Crippen LogP contribution is 2.38. The lowest BCUT2D eigenvalue weighted by Crippen LogP contribution is -2.54. The van der Waals surface area contributed by atoms with Crippen molar-refractivity contribution in [1.82, 2.24) is 40.4 Å². The molecule has 0 aliphatic carbocycles. The first-order chi connectivity index (χ1) is 27.5. The number of amides is 4. The molecule has 2 aliphatic rings. The second kappa shape index (κ2) is 18.3. The first-order valence-electron chi connectivity index (χ1n) is 19.1. The van der Waals surface area contributed by atoms with Crippen LogP contribution in [0.25, 0.3) is 33.6 Å². The smallest absolute Gasteiger partial charge is 0.407 e. The molecule has 16 heteroatoms. The summed E-state index contributed by atoms with van der Waals surface area (Å²) in [5.74, 6) is 0.891. The molecule has 4 aromatic rings. The zero-order valence-corrected chi connectivity index (χ0v) is 34.2. The van der Waals surface area contributed by atoms with Gasteiger partial charge in [-0.05, 0) is 60.6 Å². The largest absolute Gasteiger partial charge is 0.453 e. The summed E-state index contributed by atoms with van der Waals surface area (Å²) >= 11 is 1.70. The third-order valence-corrected chi connectivity index (χ3v) is 11.9. The van der Waals surface area contributed by atoms with E-state index in [9.17, 15) is 19.2 Å². The Bertz CT molecular complexity index is 2020. The minimum absolute atomic E-state index is 0.109. The maximum atomic E-state index is 13.8. The van der Waals surface area contributed by atoms with Crippen molar-refractivity contribution >= 4 is 35.8 Å². The molecule has 0 bridgehead atoms. The number of hydrogen-bond donors (Lipinski definition) is 4. The summed E-state index contributed by atoms with van der Waals surface area (Å²) in [6.45, 7) is 6.64. The number of likely N-dealkylation sites (tertiary alicyclic amines) is 2. The van der Waals surface area contributed by atoms with Crippen LogP contribution in [0.5, 0.6) is 0 Å². The van der Waals surface area contributed by atoms with Crippen LogP contribution in [0.2, 0.25) is 0 Å². The van der Waals surface area contributed by atoms with Crippen LogP contribution in [0.15, 0.2) is 60.9 Å². The predicted molar refractivity (Wildman–Crippen MR) is 217 cm³/mol. The molecule has 4 amide bonds. The second-order valence-electron chi connectivity index (χ2n) is 14.7. The Morgan fingerprint density at radius 1 is 0.737 bits per heavy atom. The Kier molecular flexibility index (Phi) is 13.2. The van der Waals surface area contributed by atoms with Gasteiger partial charge in [-0.25, -0.2) is 19.6 Å². The van der Waals surface area contributed by atoms with E-state index in [0.717, 1.165) is 52.3 Å². The third kappa shape index (κ3) is 9.12. The number of imidazole rings is 2. The number of carbonyl (C=O) groups is 4. The van der Waals surface area contributed by atoms with Crippen molar-refractivity contribution in [3.63, 3.8) is 0 Å². The molecule has 304 valence electrons. The summed E-state index contributed by atoms with van der Waals surface area (Å²) < 4.78 is 15.0. The molecule has 0 saturated carbocycles. The van der Waals surface area contributed by atoms with Crippen molar-refractivity contribution in [3.05, 3.63) is 72.6 Å². The first kappa shape index (κ1) is 41.3. The van der Waals surface area contributed by atoms with E-state index in [1.54, 1.807) is 40.9 Å². The molecule has 2 fully saturated rings. The molecule has 0 radical (unpaired) electrons. The normalized spacial score (nSPS) is 19.6. The molecule has 2 aliphatic heterocycles. The van der Waals surface area contributed by atoms with E-state index in [2.05, 4.69) is 49.9 Å². The minimum atomic E-state index is -0.916. The number of thioether (sulfide) groups is 1. The van der Waals surface area contributed by atoms with Crippen LogP contribution in [0, 0.1) is 5.92 Å². The Morgan fingerprint density at radius 3 is 1.72 bits per heavy atom. The number of hydrogen-bond acceptors (Lipinski definition) is 10. The van der Waals surface area contributed by atoms with Gasteiger partial charge in [0.15, 0.2) is 0 Å². The van der Waals surface area contributed by atoms with Gasteiger partial charge in [0.05, 0.1) is 56.2 Å². The number of carbonyl (C=O) groups excluding carboxylic acids is 4. The molecule has 0 spiro atoms. The molecule has 6 atom stereocenters. The van der Waals surface area contributed by atoms with Gasteiger partial charge in [0.2, 0.25) is 11.8 Å². The first-order valence-corrected chi connectivity index (χ1v) is 20.4. The number of nitrogens with zero attached hydrogens (tertiary/aromatic N) is 4. The van der Waals surface area contributed by atoms with E-state index in [-0.39, 0.29) is 35.1 Å². The number of benzene rings is 2. The van der Waals surface area contributed by atoms with Crippen LogP contribution in [0.1, 0.15) is 63.8 Å². The highest BCUT2D eigenvalue weighted by Gasteiger charge is 2.42. The molecule has 4 N–H and O–H groups in total. The predicted octanol–water partition coefficient (Wildman–Crippen LogP) is 5.94. The van der Waals surface area contributed by atoms with Crippen LogP contribution < -0.4 is 10.6 Å². The zero-order valence-electron chi connectivity index (χ0n) is 33.4. The van der Waals surface area contributed by atoms with E-state index < -0.39 is 30.4 Å². The van der Waals surface area contributed by atoms with Crippen molar-refractivity contribution in [1.29, 1.82) is 0 Å². The minimum Gasteiger partial charge on any atom is -0.453 e. The van der Waals surface area contributed by atoms with E-state index in [4.69, 9.17) is 19.2 Å². The van der Waals surface area contributed by atoms with Gasteiger partial charge in [-0.1, -0.05) is 62.4 Å². The fourth-order valence-corrected chi connectivity index (χ4v) is 8.22. The Balaban J connectivity index is 1.13. The Hall–Kier alpha value is -5.35. The van der Waals surface area contributed by atoms with E-state index in [1.807, 2.05) is 44.4 Å². The number of H-pyrrole nitrogens is 2. The summed E-state index contributed by atoms with van der Waals surface area (Å²) in [6.07, 6.45) is 6.06. The van der Waals surface area contributed by atoms with E-state index in [0.29, 0.717) is 25.3 Å². The quantitative estimate of drug-likeness (QED) is 0.126. The summed E-state index contributed by atoms with van der Waals surface area (Å²) in [6, 6.07) is 14.3. The van der Waals surface area contributed by atoms with Gasteiger partial charge in [-0.15, -0.1) is 0 Å². The molecule has 2 aromatic carbocycles. The third-order valence-electron chi connectivity index (χ3n) is 10.9. The summed E-state index contributed by atoms with van der Waals surface area (Å²) in [4.78, 5) is 71.3. The summed E-state index contributed by atoms with van der Waals surface area (Å²) in [5.41, 5.74) is 5.69. The topological polar surface area (TPSA) is 184 Å². The number of aromatic nitrogens is 4. The molecule has 6 rings (SSSR count). The zero-order chi connectivity index (χ0) is 40.8. The molecule has 2 aromatic heterocycles. The van der Waals surface area contributed by atoms with Crippen molar-refractivity contribution in [2.75, 3.05) is 40.7 Å². The lowest BCUT2D eigenvalue weighted by atomic mass is 10.0. The highest BCUT2D eigenvalue weighted by molar-refractivity contribution is 7.99. The van der Waals surface area contributed by atoms with Crippen LogP contribution in [0.4, 0.5) is 9.59 Å². The molecule has 15 nitrogen and oxygen atoms in total. The van der Waals surface area contributed by atoms with Crippen molar-refractivity contribution in [2.24, 2.45) is 5.92 Å². The van der Waals surface area contributed by atoms with Gasteiger partial charge < -0.3 is 44.6 Å². The van der Waals surface area contributed by atoms with Gasteiger partial charge in [-0.2, -0.15) is 11.8 Å². The molecule has 57 heavy (non-hydrogen) atoms. The van der Waals surface area contributed by atoms with Crippen LogP contribution >= 0.6 is 11.8 Å². The number of alkyl carbamates (subject to hydrolysis) is 2. The standard InChI is InChI=1S/C41H52N8O7S/c1-23(2)34(46-40(52)55-5)38(50)48-18-8-9-32(48)36-42-20-30(44-36)27-14-10-25(11-15-27)26-12-16-28(17-13-26)31-21-43-37(45-31)33-19-29(57-7)22-49(33)39(51)35(24(3)54-4)47-41(53)56-6/h10-17,20-21,23-24,29,32-35H,8-9,18-19,22H2,1-7H3,(H,42,44)(H,43,45)(H,46,52)(H,47,53). The lowest BCUT2D eigenvalue weighted by Gasteiger charge is -2.30. The molecule has 2 saturated heterocycles. The lowest BCUT2D eigenvalue weighted by molar-refractivity contribution is -0.137. The van der Waals surface area contributed by atoms with Gasteiger partial charge in [0, 0.05) is 25.4 Å². The maximum absolute atomic E-state index is 13.8. The van der Waals surface area contributed by atoms with Crippen molar-refractivity contribution in [3.8, 4) is 33.6 Å². The monoisotopic (exact) mass is 800 g/mol. The molecular weight excluding hydrogens is 749 g/mol. The fraction of sp³-hybridized carbons (Fsp3) is 0.463. The summed E-state index contributed by atoms with van der Waals surface area (Å²) in [5, 5.41) is 5.54. The second-order valence-corrected chi connectivity index (χ2v) is 15.9. The SMILES string of the molecule is COC(=O)NC(C(=O)N1CCCC1c1ncc(-c2ccc(-c3ccc(-c4cnc(C5CC(SC)CN5C(=O)C(NC(=O)OC)C(C)OC)[nH]4)cc3)cc2)[nH]1)C(C)C. The van der Waals surface area contributed by atoms with Crippen LogP contribution in [-0.4, -0.2) is 118 Å². The number of rotatable bonds is 13. The van der Waals surface area contributed by atoms with Gasteiger partial charge >= 0.3 is 12.2 Å². The Labute approximate surface area is 337 Å². The van der Waals surface area contributed by atoms with Gasteiger partial charge in [-0.3, -0.25) is 9.59 Å². The van der Waals surface area contributed by atoms with Gasteiger partial charge in [0.25, 0.3) is 0 Å². The fourth-order valence-electron chi connectivity index (χ4n) is 7.53. The van der Waals surface area contributed by atoms with Gasteiger partial charge in [0.1, 0.15) is 23.7 Å². The molecular formula is C41H52N8O7S. The van der Waals surface area contributed by atoms with Crippen LogP contribution in [-0.2, 0) is 23.8 Å². The highest BCUT2D eigenvalue weighted by atomic mass is 32.2. The number of methoxy groups -OCH3 is 3. The Morgan fingerprint density at radius 2 is 1.23 bits per heavy atom. The maximum Gasteiger partial charge on any atom is 0.407 e. The van der Waals surface area contributed by atoms with Crippen LogP contribution in [0.3, 0.4) is 0 Å². The average Bonchev–Trinajstić information content (AvgIpc) is 4.07. The number of aromatic amines is 2. The van der Waals surface area contributed by atoms with E-state index in [1.165, 1.54) is 21.3 Å². The van der Waals surface area contributed by atoms with Crippen molar-refractivity contribution < 1.29 is 33.4 Å². The van der Waals surface area contributed by atoms with Crippen molar-refractivity contribution in [2.45, 2.75) is 75.6 Å². The number of nitrogens with one attached hydrogen (secondary N) is 4.